The molecule has 0 amide bonds. The quantitative estimate of drug-likeness (QED) is 0.444. The topological polar surface area (TPSA) is 62.4 Å². The number of fused-ring (bicyclic) bond motifs is 3. The van der Waals surface area contributed by atoms with Crippen LogP contribution < -0.4 is 4.74 Å². The van der Waals surface area contributed by atoms with Crippen molar-refractivity contribution in [2.24, 2.45) is 0 Å². The molecule has 1 fully saturated rings. The van der Waals surface area contributed by atoms with Crippen LogP contribution in [0.2, 0.25) is 0 Å². The summed E-state index contributed by atoms with van der Waals surface area (Å²) in [5.74, 6) is 0.718. The lowest BCUT2D eigenvalue weighted by Gasteiger charge is -2.29. The smallest absolute Gasteiger partial charge is 0.223 e. The van der Waals surface area contributed by atoms with Crippen molar-refractivity contribution in [1.29, 1.82) is 0 Å². The second kappa shape index (κ2) is 7.75. The van der Waals surface area contributed by atoms with Crippen LogP contribution in [0, 0.1) is 0 Å². The van der Waals surface area contributed by atoms with Gasteiger partial charge in [-0.1, -0.05) is 42.5 Å². The van der Waals surface area contributed by atoms with Crippen molar-refractivity contribution < 1.29 is 13.2 Å². The van der Waals surface area contributed by atoms with E-state index >= 15 is 0 Å². The van der Waals surface area contributed by atoms with Gasteiger partial charge in [0.15, 0.2) is 0 Å². The Morgan fingerprint density at radius 1 is 1.03 bits per heavy atom. The van der Waals surface area contributed by atoms with Gasteiger partial charge in [0.2, 0.25) is 9.84 Å². The zero-order chi connectivity index (χ0) is 22.6. The van der Waals surface area contributed by atoms with Crippen LogP contribution in [0.15, 0.2) is 76.7 Å². The van der Waals surface area contributed by atoms with Crippen LogP contribution >= 0.6 is 0 Å². The van der Waals surface area contributed by atoms with Gasteiger partial charge in [0.05, 0.1) is 12.0 Å². The monoisotopic (exact) mass is 458 g/mol. The zero-order valence-electron chi connectivity index (χ0n) is 18.5. The average Bonchev–Trinajstić information content (AvgIpc) is 3.47. The number of aromatic nitrogens is 1. The molecule has 1 saturated heterocycles. The van der Waals surface area contributed by atoms with Gasteiger partial charge >= 0.3 is 0 Å². The van der Waals surface area contributed by atoms with Crippen molar-refractivity contribution in [1.82, 2.24) is 9.88 Å². The van der Waals surface area contributed by atoms with Crippen molar-refractivity contribution in [3.8, 4) is 5.75 Å². The number of hydrogen-bond donors (Lipinski definition) is 1. The van der Waals surface area contributed by atoms with Gasteiger partial charge in [0, 0.05) is 34.4 Å². The highest BCUT2D eigenvalue weighted by molar-refractivity contribution is 7.91. The zero-order valence-corrected chi connectivity index (χ0v) is 19.4. The molecule has 0 radical (unpaired) electrons. The molecule has 3 aromatic carbocycles. The molecule has 6 heteroatoms. The van der Waals surface area contributed by atoms with Crippen molar-refractivity contribution in [2.45, 2.75) is 35.2 Å². The molecule has 1 aromatic heterocycles. The SMILES string of the molecule is COc1ccc2[nH]c(S(=O)(=O)c3cccc4ccccc34)c(C3=CCN4CCC[C@H]4C3)c2c1. The molecule has 0 saturated carbocycles. The summed E-state index contributed by atoms with van der Waals surface area (Å²) in [6.45, 7) is 1.99. The fourth-order valence-electron chi connectivity index (χ4n) is 5.47. The van der Waals surface area contributed by atoms with Gasteiger partial charge in [-0.25, -0.2) is 8.42 Å². The number of H-pyrrole nitrogens is 1. The molecular weight excluding hydrogens is 432 g/mol. The second-order valence-electron chi connectivity index (χ2n) is 8.95. The first-order valence-electron chi connectivity index (χ1n) is 11.4. The van der Waals surface area contributed by atoms with Crippen molar-refractivity contribution in [2.75, 3.05) is 20.2 Å². The first kappa shape index (κ1) is 20.5. The van der Waals surface area contributed by atoms with Crippen LogP contribution in [-0.2, 0) is 9.84 Å². The van der Waals surface area contributed by atoms with Crippen molar-refractivity contribution >= 4 is 37.1 Å². The normalized spacial score (nSPS) is 19.1. The van der Waals surface area contributed by atoms with E-state index < -0.39 is 9.84 Å². The van der Waals surface area contributed by atoms with E-state index in [2.05, 4.69) is 16.0 Å². The van der Waals surface area contributed by atoms with Crippen LogP contribution in [0.5, 0.6) is 5.75 Å². The average molecular weight is 459 g/mol. The summed E-state index contributed by atoms with van der Waals surface area (Å²) in [5.41, 5.74) is 2.71. The van der Waals surface area contributed by atoms with Gasteiger partial charge in [-0.15, -0.1) is 0 Å². The molecule has 4 aromatic rings. The first-order valence-corrected chi connectivity index (χ1v) is 12.9. The summed E-state index contributed by atoms with van der Waals surface area (Å²) in [6, 6.07) is 19.3. The molecule has 33 heavy (non-hydrogen) atoms. The number of aromatic amines is 1. The van der Waals surface area contributed by atoms with Crippen LogP contribution in [0.4, 0.5) is 0 Å². The maximum absolute atomic E-state index is 14.2. The number of benzene rings is 3. The van der Waals surface area contributed by atoms with Gasteiger partial charge in [-0.05, 0) is 61.0 Å². The summed E-state index contributed by atoms with van der Waals surface area (Å²) >= 11 is 0. The third-order valence-corrected chi connectivity index (χ3v) is 8.91. The summed E-state index contributed by atoms with van der Waals surface area (Å²) in [6.07, 6.45) is 5.44. The molecule has 2 aliphatic heterocycles. The van der Waals surface area contributed by atoms with Crippen molar-refractivity contribution in [3.05, 3.63) is 72.3 Å². The number of methoxy groups -OCH3 is 1. The minimum Gasteiger partial charge on any atom is -0.497 e. The van der Waals surface area contributed by atoms with E-state index in [-0.39, 0.29) is 5.03 Å². The van der Waals surface area contributed by atoms with Crippen LogP contribution in [-0.4, -0.2) is 44.5 Å². The lowest BCUT2D eigenvalue weighted by molar-refractivity contribution is 0.275. The Morgan fingerprint density at radius 2 is 1.88 bits per heavy atom. The summed E-state index contributed by atoms with van der Waals surface area (Å²) in [4.78, 5) is 6.11. The Bertz CT molecular complexity index is 1510. The van der Waals surface area contributed by atoms with E-state index in [0.717, 1.165) is 64.5 Å². The van der Waals surface area contributed by atoms with Gasteiger partial charge < -0.3 is 9.72 Å². The molecule has 0 unspecified atom stereocenters. The molecule has 0 aliphatic carbocycles. The number of nitrogens with zero attached hydrogens (tertiary/aromatic N) is 1. The Kier molecular flexibility index (Phi) is 4.82. The Morgan fingerprint density at radius 3 is 2.76 bits per heavy atom. The van der Waals surface area contributed by atoms with E-state index in [1.807, 2.05) is 54.6 Å². The largest absolute Gasteiger partial charge is 0.497 e. The van der Waals surface area contributed by atoms with Crippen LogP contribution in [0.1, 0.15) is 24.8 Å². The van der Waals surface area contributed by atoms with E-state index in [4.69, 9.17) is 4.74 Å². The second-order valence-corrected chi connectivity index (χ2v) is 10.8. The Hall–Kier alpha value is -3.09. The number of ether oxygens (including phenoxy) is 1. The van der Waals surface area contributed by atoms with Gasteiger partial charge in [0.1, 0.15) is 10.8 Å². The number of nitrogens with one attached hydrogen (secondary N) is 1. The minimum atomic E-state index is -3.80. The maximum Gasteiger partial charge on any atom is 0.223 e. The standard InChI is InChI=1S/C27H26N2O3S/c1-32-21-11-12-24-23(17-21)26(19-13-15-29-14-5-8-20(29)16-19)27(28-24)33(30,31)25-10-4-7-18-6-2-3-9-22(18)25/h2-4,6-7,9-13,17,20,28H,5,8,14-16H2,1H3/t20-/m0/s1. The molecule has 168 valence electrons. The van der Waals surface area contributed by atoms with E-state index in [1.165, 1.54) is 6.42 Å². The number of hydrogen-bond acceptors (Lipinski definition) is 4. The van der Waals surface area contributed by atoms with E-state index in [9.17, 15) is 8.42 Å². The predicted octanol–water partition coefficient (Wildman–Crippen LogP) is 5.41. The maximum atomic E-state index is 14.2. The van der Waals surface area contributed by atoms with Gasteiger partial charge in [-0.2, -0.15) is 0 Å². The highest BCUT2D eigenvalue weighted by atomic mass is 32.2. The fourth-order valence-corrected chi connectivity index (χ4v) is 7.18. The lowest BCUT2D eigenvalue weighted by Crippen LogP contribution is -2.33. The summed E-state index contributed by atoms with van der Waals surface area (Å²) < 4.78 is 33.8. The molecule has 6 rings (SSSR count). The summed E-state index contributed by atoms with van der Waals surface area (Å²) in [7, 11) is -2.16. The molecule has 1 atom stereocenters. The fraction of sp³-hybridized carbons (Fsp3) is 0.259. The third kappa shape index (κ3) is 3.28. The van der Waals surface area contributed by atoms with Gasteiger partial charge in [-0.3, -0.25) is 4.90 Å². The van der Waals surface area contributed by atoms with Crippen molar-refractivity contribution in [3.63, 3.8) is 0 Å². The molecule has 5 nitrogen and oxygen atoms in total. The Labute approximate surface area is 193 Å². The molecule has 0 bridgehead atoms. The summed E-state index contributed by atoms with van der Waals surface area (Å²) in [5, 5.41) is 2.82. The first-order chi connectivity index (χ1) is 16.1. The van der Waals surface area contributed by atoms with Crippen LogP contribution in [0.3, 0.4) is 0 Å². The highest BCUT2D eigenvalue weighted by Gasteiger charge is 2.33. The van der Waals surface area contributed by atoms with E-state index in [0.29, 0.717) is 10.9 Å². The molecule has 1 N–H and O–H groups in total. The van der Waals surface area contributed by atoms with Crippen LogP contribution in [0.25, 0.3) is 27.2 Å². The predicted molar refractivity (Wildman–Crippen MR) is 131 cm³/mol. The molecule has 3 heterocycles. The number of sulfone groups is 1. The number of rotatable bonds is 4. The minimum absolute atomic E-state index is 0.278. The lowest BCUT2D eigenvalue weighted by atomic mass is 9.94. The highest BCUT2D eigenvalue weighted by Crippen LogP contribution is 2.41. The Balaban J connectivity index is 1.60. The molecule has 2 aliphatic rings. The molecule has 0 spiro atoms. The van der Waals surface area contributed by atoms with Gasteiger partial charge in [0.25, 0.3) is 0 Å². The third-order valence-electron chi connectivity index (χ3n) is 7.13. The molecular formula is C27H26N2O3S. The van der Waals surface area contributed by atoms with E-state index in [1.54, 1.807) is 13.2 Å².